The Labute approximate surface area is 66.0 Å². The summed E-state index contributed by atoms with van der Waals surface area (Å²) >= 11 is 0. The van der Waals surface area contributed by atoms with Crippen molar-refractivity contribution in [3.8, 4) is 0 Å². The SMILES string of the molecule is CCC1(C)C(=O)[C@H]2C[C@H]2C1=O. The first-order valence-electron chi connectivity index (χ1n) is 4.20. The van der Waals surface area contributed by atoms with Crippen molar-refractivity contribution in [2.75, 3.05) is 0 Å². The standard InChI is InChI=1S/C9H12O2/c1-3-9(2)7(10)5-4-6(5)8(9)11/h5-6H,3-4H2,1-2H3/t5-,6+,9?. The number of ketones is 2. The fourth-order valence-corrected chi connectivity index (χ4v) is 2.06. The number of hydrogen-bond donors (Lipinski definition) is 0. The van der Waals surface area contributed by atoms with Gasteiger partial charge >= 0.3 is 0 Å². The van der Waals surface area contributed by atoms with E-state index < -0.39 is 5.41 Å². The molecule has 0 spiro atoms. The minimum Gasteiger partial charge on any atom is -0.298 e. The van der Waals surface area contributed by atoms with Gasteiger partial charge in [-0.05, 0) is 19.8 Å². The molecule has 2 fully saturated rings. The maximum Gasteiger partial charge on any atom is 0.149 e. The molecule has 0 heterocycles. The third kappa shape index (κ3) is 0.627. The monoisotopic (exact) mass is 152 g/mol. The molecule has 3 atom stereocenters. The molecule has 2 aliphatic carbocycles. The summed E-state index contributed by atoms with van der Waals surface area (Å²) in [6.45, 7) is 3.71. The molecular formula is C9H12O2. The highest BCUT2D eigenvalue weighted by Gasteiger charge is 2.64. The van der Waals surface area contributed by atoms with Gasteiger partial charge in [-0.1, -0.05) is 6.92 Å². The van der Waals surface area contributed by atoms with Crippen LogP contribution in [0.25, 0.3) is 0 Å². The zero-order valence-corrected chi connectivity index (χ0v) is 6.89. The van der Waals surface area contributed by atoms with Gasteiger partial charge in [-0.2, -0.15) is 0 Å². The van der Waals surface area contributed by atoms with Gasteiger partial charge in [0.2, 0.25) is 0 Å². The van der Waals surface area contributed by atoms with E-state index in [4.69, 9.17) is 0 Å². The van der Waals surface area contributed by atoms with Crippen LogP contribution in [0.5, 0.6) is 0 Å². The molecule has 2 rings (SSSR count). The molecule has 1 unspecified atom stereocenters. The molecule has 2 nitrogen and oxygen atoms in total. The number of fused-ring (bicyclic) bond motifs is 1. The van der Waals surface area contributed by atoms with Crippen LogP contribution in [-0.2, 0) is 9.59 Å². The first-order valence-corrected chi connectivity index (χ1v) is 4.20. The molecular weight excluding hydrogens is 140 g/mol. The van der Waals surface area contributed by atoms with Gasteiger partial charge in [0.05, 0.1) is 5.41 Å². The summed E-state index contributed by atoms with van der Waals surface area (Å²) in [5.41, 5.74) is -0.604. The van der Waals surface area contributed by atoms with Crippen molar-refractivity contribution in [2.24, 2.45) is 17.3 Å². The molecule has 2 saturated carbocycles. The predicted octanol–water partition coefficient (Wildman–Crippen LogP) is 1.19. The van der Waals surface area contributed by atoms with Crippen LogP contribution >= 0.6 is 0 Å². The molecule has 0 aromatic rings. The van der Waals surface area contributed by atoms with Crippen LogP contribution in [0, 0.1) is 17.3 Å². The lowest BCUT2D eigenvalue weighted by atomic mass is 9.81. The highest BCUT2D eigenvalue weighted by Crippen LogP contribution is 2.55. The van der Waals surface area contributed by atoms with Crippen molar-refractivity contribution in [2.45, 2.75) is 26.7 Å². The Morgan fingerprint density at radius 1 is 1.36 bits per heavy atom. The van der Waals surface area contributed by atoms with Crippen LogP contribution in [0.4, 0.5) is 0 Å². The average Bonchev–Trinajstić information content (AvgIpc) is 2.75. The van der Waals surface area contributed by atoms with Gasteiger partial charge in [0, 0.05) is 11.8 Å². The highest BCUT2D eigenvalue weighted by molar-refractivity contribution is 6.18. The van der Waals surface area contributed by atoms with Crippen LogP contribution in [0.3, 0.4) is 0 Å². The van der Waals surface area contributed by atoms with Gasteiger partial charge in [-0.25, -0.2) is 0 Å². The van der Waals surface area contributed by atoms with Crippen molar-refractivity contribution in [3.05, 3.63) is 0 Å². The van der Waals surface area contributed by atoms with Crippen LogP contribution in [-0.4, -0.2) is 11.6 Å². The maximum atomic E-state index is 11.5. The van der Waals surface area contributed by atoms with E-state index in [0.717, 1.165) is 6.42 Å². The number of rotatable bonds is 1. The third-order valence-corrected chi connectivity index (χ3v) is 3.26. The van der Waals surface area contributed by atoms with Crippen LogP contribution in [0.1, 0.15) is 26.7 Å². The molecule has 0 aromatic carbocycles. The van der Waals surface area contributed by atoms with E-state index >= 15 is 0 Å². The Hall–Kier alpha value is -0.660. The van der Waals surface area contributed by atoms with E-state index in [9.17, 15) is 9.59 Å². The molecule has 0 amide bonds. The largest absolute Gasteiger partial charge is 0.298 e. The Morgan fingerprint density at radius 3 is 2.09 bits per heavy atom. The van der Waals surface area contributed by atoms with E-state index in [1.165, 1.54) is 0 Å². The quantitative estimate of drug-likeness (QED) is 0.529. The molecule has 60 valence electrons. The highest BCUT2D eigenvalue weighted by atomic mass is 16.2. The van der Waals surface area contributed by atoms with Crippen LogP contribution < -0.4 is 0 Å². The zero-order valence-electron chi connectivity index (χ0n) is 6.89. The topological polar surface area (TPSA) is 34.1 Å². The van der Waals surface area contributed by atoms with Crippen LogP contribution in [0.15, 0.2) is 0 Å². The van der Waals surface area contributed by atoms with Gasteiger partial charge in [-0.3, -0.25) is 9.59 Å². The van der Waals surface area contributed by atoms with Crippen LogP contribution in [0.2, 0.25) is 0 Å². The van der Waals surface area contributed by atoms with Crippen molar-refractivity contribution in [3.63, 3.8) is 0 Å². The number of hydrogen-bond acceptors (Lipinski definition) is 2. The minimum absolute atomic E-state index is 0.118. The lowest BCUT2D eigenvalue weighted by Gasteiger charge is -2.19. The third-order valence-electron chi connectivity index (χ3n) is 3.26. The smallest absolute Gasteiger partial charge is 0.149 e. The van der Waals surface area contributed by atoms with Gasteiger partial charge in [-0.15, -0.1) is 0 Å². The predicted molar refractivity (Wildman–Crippen MR) is 40.0 cm³/mol. The minimum atomic E-state index is -0.604. The second-order valence-electron chi connectivity index (χ2n) is 3.86. The Bertz CT molecular complexity index is 222. The van der Waals surface area contributed by atoms with Crippen molar-refractivity contribution in [1.82, 2.24) is 0 Å². The molecule has 0 aromatic heterocycles. The van der Waals surface area contributed by atoms with E-state index in [1.807, 2.05) is 6.92 Å². The number of Topliss-reactive ketones (excluding diaryl/α,β-unsaturated/α-hetero) is 2. The fourth-order valence-electron chi connectivity index (χ4n) is 2.06. The summed E-state index contributed by atoms with van der Waals surface area (Å²) < 4.78 is 0. The molecule has 2 heteroatoms. The molecule has 11 heavy (non-hydrogen) atoms. The van der Waals surface area contributed by atoms with Crippen molar-refractivity contribution < 1.29 is 9.59 Å². The van der Waals surface area contributed by atoms with Crippen molar-refractivity contribution >= 4 is 11.6 Å². The van der Waals surface area contributed by atoms with E-state index in [1.54, 1.807) is 6.92 Å². The lowest BCUT2D eigenvalue weighted by Crippen LogP contribution is -2.31. The summed E-state index contributed by atoms with van der Waals surface area (Å²) in [6.07, 6.45) is 1.52. The molecule has 0 radical (unpaired) electrons. The second-order valence-corrected chi connectivity index (χ2v) is 3.86. The van der Waals surface area contributed by atoms with E-state index in [-0.39, 0.29) is 23.4 Å². The molecule has 0 N–H and O–H groups in total. The van der Waals surface area contributed by atoms with E-state index in [2.05, 4.69) is 0 Å². The summed E-state index contributed by atoms with van der Waals surface area (Å²) in [5, 5.41) is 0. The molecule has 0 aliphatic heterocycles. The maximum absolute atomic E-state index is 11.5. The zero-order chi connectivity index (χ0) is 8.22. The van der Waals surface area contributed by atoms with Crippen molar-refractivity contribution in [1.29, 1.82) is 0 Å². The van der Waals surface area contributed by atoms with Gasteiger partial charge < -0.3 is 0 Å². The van der Waals surface area contributed by atoms with Gasteiger partial charge in [0.25, 0.3) is 0 Å². The normalized spacial score (nSPS) is 47.8. The van der Waals surface area contributed by atoms with Gasteiger partial charge in [0.1, 0.15) is 11.6 Å². The lowest BCUT2D eigenvalue weighted by molar-refractivity contribution is -0.136. The van der Waals surface area contributed by atoms with Gasteiger partial charge in [0.15, 0.2) is 0 Å². The summed E-state index contributed by atoms with van der Waals surface area (Å²) in [4.78, 5) is 23.0. The molecule has 0 bridgehead atoms. The Morgan fingerprint density at radius 2 is 1.82 bits per heavy atom. The molecule has 2 aliphatic rings. The Balaban J connectivity index is 2.36. The summed E-state index contributed by atoms with van der Waals surface area (Å²) in [6, 6.07) is 0. The first kappa shape index (κ1) is 7.01. The average molecular weight is 152 g/mol. The summed E-state index contributed by atoms with van der Waals surface area (Å²) in [5.74, 6) is 0.643. The molecule has 0 saturated heterocycles. The van der Waals surface area contributed by atoms with E-state index in [0.29, 0.717) is 6.42 Å². The number of carbonyl (C=O) groups excluding carboxylic acids is 2. The first-order chi connectivity index (χ1) is 5.11. The fraction of sp³-hybridized carbons (Fsp3) is 0.778. The summed E-state index contributed by atoms with van der Waals surface area (Å²) in [7, 11) is 0. The second kappa shape index (κ2) is 1.74. The Kier molecular flexibility index (Phi) is 1.11. The number of carbonyl (C=O) groups is 2.